The molecule has 21 heavy (non-hydrogen) atoms. The molecule has 0 amide bonds. The van der Waals surface area contributed by atoms with Crippen LogP contribution in [0, 0.1) is 21.4 Å². The first kappa shape index (κ1) is 15.3. The normalized spacial score (nSPS) is 15.4. The van der Waals surface area contributed by atoms with Crippen LogP contribution in [0.5, 0.6) is 0 Å². The lowest BCUT2D eigenvalue weighted by molar-refractivity contribution is -0.385. The SMILES string of the molecule is N#Cc1ccc(N(CCO)C2CCCCC2)cc1[N+](=O)[O-]. The van der Waals surface area contributed by atoms with Crippen LogP contribution in [0.15, 0.2) is 18.2 Å². The Hall–Kier alpha value is -2.13. The van der Waals surface area contributed by atoms with E-state index in [0.717, 1.165) is 25.7 Å². The number of anilines is 1. The summed E-state index contributed by atoms with van der Waals surface area (Å²) >= 11 is 0. The Morgan fingerprint density at radius 2 is 2.10 bits per heavy atom. The zero-order valence-corrected chi connectivity index (χ0v) is 11.9. The highest BCUT2D eigenvalue weighted by Crippen LogP contribution is 2.30. The number of aliphatic hydroxyl groups is 1. The summed E-state index contributed by atoms with van der Waals surface area (Å²) in [6.07, 6.45) is 5.58. The van der Waals surface area contributed by atoms with E-state index < -0.39 is 4.92 Å². The van der Waals surface area contributed by atoms with E-state index in [1.165, 1.54) is 18.6 Å². The van der Waals surface area contributed by atoms with E-state index >= 15 is 0 Å². The van der Waals surface area contributed by atoms with Gasteiger partial charge in [-0.25, -0.2) is 0 Å². The van der Waals surface area contributed by atoms with Gasteiger partial charge in [0.1, 0.15) is 11.6 Å². The second-order valence-electron chi connectivity index (χ2n) is 5.28. The third kappa shape index (κ3) is 3.50. The highest BCUT2D eigenvalue weighted by molar-refractivity contribution is 5.60. The average molecular weight is 289 g/mol. The summed E-state index contributed by atoms with van der Waals surface area (Å²) in [4.78, 5) is 12.6. The van der Waals surface area contributed by atoms with Gasteiger partial charge in [-0.05, 0) is 25.0 Å². The van der Waals surface area contributed by atoms with Crippen LogP contribution >= 0.6 is 0 Å². The van der Waals surface area contributed by atoms with E-state index in [4.69, 9.17) is 5.26 Å². The quantitative estimate of drug-likeness (QED) is 0.664. The van der Waals surface area contributed by atoms with E-state index in [0.29, 0.717) is 18.3 Å². The van der Waals surface area contributed by atoms with Gasteiger partial charge in [-0.2, -0.15) is 5.26 Å². The van der Waals surface area contributed by atoms with Gasteiger partial charge >= 0.3 is 0 Å². The number of hydrogen-bond acceptors (Lipinski definition) is 5. The van der Waals surface area contributed by atoms with Gasteiger partial charge in [0.15, 0.2) is 0 Å². The number of nitro benzene ring substituents is 1. The molecule has 1 aliphatic carbocycles. The fourth-order valence-corrected chi connectivity index (χ4v) is 2.97. The molecular weight excluding hydrogens is 270 g/mol. The maximum atomic E-state index is 11.1. The molecule has 0 aliphatic heterocycles. The van der Waals surface area contributed by atoms with Crippen LogP contribution in [-0.2, 0) is 0 Å². The molecule has 0 bridgehead atoms. The molecule has 1 saturated carbocycles. The van der Waals surface area contributed by atoms with Crippen LogP contribution in [0.2, 0.25) is 0 Å². The second kappa shape index (κ2) is 7.04. The van der Waals surface area contributed by atoms with Gasteiger partial charge in [0.2, 0.25) is 0 Å². The third-order valence-corrected chi connectivity index (χ3v) is 3.99. The number of nitro groups is 1. The van der Waals surface area contributed by atoms with Crippen LogP contribution in [0.3, 0.4) is 0 Å². The van der Waals surface area contributed by atoms with Crippen LogP contribution < -0.4 is 4.90 Å². The largest absolute Gasteiger partial charge is 0.395 e. The molecule has 1 aliphatic rings. The average Bonchev–Trinajstić information content (AvgIpc) is 2.52. The lowest BCUT2D eigenvalue weighted by atomic mass is 9.93. The highest BCUT2D eigenvalue weighted by atomic mass is 16.6. The number of nitriles is 1. The summed E-state index contributed by atoms with van der Waals surface area (Å²) in [7, 11) is 0. The zero-order chi connectivity index (χ0) is 15.2. The Morgan fingerprint density at radius 1 is 1.38 bits per heavy atom. The van der Waals surface area contributed by atoms with E-state index in [1.54, 1.807) is 6.07 Å². The molecule has 0 unspecified atom stereocenters. The van der Waals surface area contributed by atoms with Crippen molar-refractivity contribution in [2.24, 2.45) is 0 Å². The van der Waals surface area contributed by atoms with Crippen LogP contribution in [0.4, 0.5) is 11.4 Å². The monoisotopic (exact) mass is 289 g/mol. The van der Waals surface area contributed by atoms with Crippen molar-refractivity contribution in [1.82, 2.24) is 0 Å². The predicted molar refractivity (Wildman–Crippen MR) is 79.1 cm³/mol. The fraction of sp³-hybridized carbons (Fsp3) is 0.533. The second-order valence-corrected chi connectivity index (χ2v) is 5.28. The van der Waals surface area contributed by atoms with Crippen LogP contribution in [0.1, 0.15) is 37.7 Å². The number of nitrogens with zero attached hydrogens (tertiary/aromatic N) is 3. The highest BCUT2D eigenvalue weighted by Gasteiger charge is 2.23. The molecule has 1 aromatic rings. The maximum absolute atomic E-state index is 11.1. The Labute approximate surface area is 123 Å². The van der Waals surface area contributed by atoms with Gasteiger partial charge in [0.05, 0.1) is 11.5 Å². The first-order valence-electron chi connectivity index (χ1n) is 7.23. The standard InChI is InChI=1S/C15H19N3O3/c16-11-12-6-7-14(10-15(12)18(20)21)17(8-9-19)13-4-2-1-3-5-13/h6-7,10,13,19H,1-5,8-9H2. The summed E-state index contributed by atoms with van der Waals surface area (Å²) in [5.74, 6) is 0. The fourth-order valence-electron chi connectivity index (χ4n) is 2.97. The predicted octanol–water partition coefficient (Wildman–Crippen LogP) is 2.60. The first-order valence-corrected chi connectivity index (χ1v) is 7.23. The van der Waals surface area contributed by atoms with Gasteiger partial charge in [-0.1, -0.05) is 19.3 Å². The molecule has 1 N–H and O–H groups in total. The third-order valence-electron chi connectivity index (χ3n) is 3.99. The zero-order valence-electron chi connectivity index (χ0n) is 11.9. The Morgan fingerprint density at radius 3 is 2.67 bits per heavy atom. The minimum atomic E-state index is -0.528. The molecule has 112 valence electrons. The number of aliphatic hydroxyl groups excluding tert-OH is 1. The van der Waals surface area contributed by atoms with E-state index in [2.05, 4.69) is 0 Å². The number of rotatable bonds is 5. The first-order chi connectivity index (χ1) is 10.2. The van der Waals surface area contributed by atoms with Crippen LogP contribution in [-0.4, -0.2) is 29.2 Å². The van der Waals surface area contributed by atoms with Gasteiger partial charge < -0.3 is 10.0 Å². The molecule has 0 spiro atoms. The van der Waals surface area contributed by atoms with Crippen molar-refractivity contribution in [3.05, 3.63) is 33.9 Å². The minimum Gasteiger partial charge on any atom is -0.395 e. The Kier molecular flexibility index (Phi) is 5.12. The van der Waals surface area contributed by atoms with E-state index in [-0.39, 0.29) is 17.9 Å². The van der Waals surface area contributed by atoms with Crippen molar-refractivity contribution < 1.29 is 10.0 Å². The number of hydrogen-bond donors (Lipinski definition) is 1. The number of benzene rings is 1. The molecule has 0 radical (unpaired) electrons. The Bertz CT molecular complexity index is 548. The lowest BCUT2D eigenvalue weighted by Gasteiger charge is -2.35. The lowest BCUT2D eigenvalue weighted by Crippen LogP contribution is -2.38. The topological polar surface area (TPSA) is 90.4 Å². The van der Waals surface area contributed by atoms with E-state index in [1.807, 2.05) is 11.0 Å². The minimum absolute atomic E-state index is 0.00426. The van der Waals surface area contributed by atoms with Gasteiger partial charge in [0, 0.05) is 24.3 Å². The molecule has 1 aromatic carbocycles. The van der Waals surface area contributed by atoms with Crippen molar-refractivity contribution in [3.63, 3.8) is 0 Å². The summed E-state index contributed by atoms with van der Waals surface area (Å²) in [6.45, 7) is 0.456. The molecule has 6 heteroatoms. The van der Waals surface area contributed by atoms with Crippen molar-refractivity contribution in [3.8, 4) is 6.07 Å². The van der Waals surface area contributed by atoms with Crippen LogP contribution in [0.25, 0.3) is 0 Å². The molecule has 2 rings (SSSR count). The summed E-state index contributed by atoms with van der Waals surface area (Å²) < 4.78 is 0. The van der Waals surface area contributed by atoms with Gasteiger partial charge in [-0.3, -0.25) is 10.1 Å². The van der Waals surface area contributed by atoms with Crippen molar-refractivity contribution in [1.29, 1.82) is 5.26 Å². The molecule has 6 nitrogen and oxygen atoms in total. The smallest absolute Gasteiger partial charge is 0.289 e. The molecule has 1 fully saturated rings. The molecule has 0 heterocycles. The molecule has 0 atom stereocenters. The summed E-state index contributed by atoms with van der Waals surface area (Å²) in [5.41, 5.74) is 0.603. The maximum Gasteiger partial charge on any atom is 0.289 e. The summed E-state index contributed by atoms with van der Waals surface area (Å²) in [6, 6.07) is 6.82. The summed E-state index contributed by atoms with van der Waals surface area (Å²) in [5, 5.41) is 29.3. The van der Waals surface area contributed by atoms with Crippen molar-refractivity contribution in [2.75, 3.05) is 18.1 Å². The van der Waals surface area contributed by atoms with Gasteiger partial charge in [-0.15, -0.1) is 0 Å². The molecule has 0 saturated heterocycles. The van der Waals surface area contributed by atoms with Crippen molar-refractivity contribution in [2.45, 2.75) is 38.1 Å². The van der Waals surface area contributed by atoms with Gasteiger partial charge in [0.25, 0.3) is 5.69 Å². The Balaban J connectivity index is 2.33. The molecular formula is C15H19N3O3. The van der Waals surface area contributed by atoms with E-state index in [9.17, 15) is 15.2 Å². The molecule has 0 aromatic heterocycles. The van der Waals surface area contributed by atoms with Crippen molar-refractivity contribution >= 4 is 11.4 Å².